The van der Waals surface area contributed by atoms with E-state index >= 15 is 0 Å². The van der Waals surface area contributed by atoms with Gasteiger partial charge in [-0.05, 0) is 66.4 Å². The van der Waals surface area contributed by atoms with E-state index in [0.717, 1.165) is 11.0 Å². The number of thioether (sulfide) groups is 1. The number of ether oxygens (including phenoxy) is 2. The number of rotatable bonds is 9. The lowest BCUT2D eigenvalue weighted by molar-refractivity contribution is -0.131. The monoisotopic (exact) mass is 465 g/mol. The Labute approximate surface area is 195 Å². The fraction of sp³-hybridized carbons (Fsp3) is 0.120. The number of carboxylic acid groups (broad SMARTS) is 1. The molecule has 3 aromatic rings. The van der Waals surface area contributed by atoms with Crippen molar-refractivity contribution >= 4 is 29.5 Å². The number of aromatic hydroxyl groups is 1. The van der Waals surface area contributed by atoms with Gasteiger partial charge >= 0.3 is 12.1 Å². The summed E-state index contributed by atoms with van der Waals surface area (Å²) in [4.78, 5) is 25.0. The van der Waals surface area contributed by atoms with Gasteiger partial charge in [0.05, 0.1) is 0 Å². The summed E-state index contributed by atoms with van der Waals surface area (Å²) in [6, 6.07) is 22.1. The third-order valence-electron chi connectivity index (χ3n) is 4.53. The molecule has 0 aliphatic heterocycles. The smallest absolute Gasteiger partial charge is 0.412 e. The van der Waals surface area contributed by atoms with Gasteiger partial charge in [-0.3, -0.25) is 5.32 Å². The Morgan fingerprint density at radius 1 is 0.970 bits per heavy atom. The molecule has 0 fully saturated rings. The van der Waals surface area contributed by atoms with Crippen LogP contribution in [0.15, 0.2) is 95.9 Å². The number of carboxylic acids is 1. The van der Waals surface area contributed by atoms with Gasteiger partial charge in [0, 0.05) is 16.7 Å². The van der Waals surface area contributed by atoms with E-state index in [1.165, 1.54) is 18.2 Å². The molecule has 3 aromatic carbocycles. The van der Waals surface area contributed by atoms with Crippen LogP contribution in [0.25, 0.3) is 0 Å². The predicted octanol–water partition coefficient (Wildman–Crippen LogP) is 5.49. The molecular formula is C25H23NO6S. The molecule has 0 saturated heterocycles. The van der Waals surface area contributed by atoms with Crippen molar-refractivity contribution < 1.29 is 29.3 Å². The van der Waals surface area contributed by atoms with Crippen LogP contribution in [0.3, 0.4) is 0 Å². The lowest BCUT2D eigenvalue weighted by Gasteiger charge is -2.26. The molecule has 0 aliphatic carbocycles. The fourth-order valence-electron chi connectivity index (χ4n) is 2.96. The highest BCUT2D eigenvalue weighted by Crippen LogP contribution is 2.29. The van der Waals surface area contributed by atoms with Gasteiger partial charge in [-0.15, -0.1) is 11.8 Å². The van der Waals surface area contributed by atoms with Crippen LogP contribution in [-0.2, 0) is 9.53 Å². The number of aliphatic carboxylic acids is 1. The predicted molar refractivity (Wildman–Crippen MR) is 127 cm³/mol. The topological polar surface area (TPSA) is 105 Å². The second-order valence-corrected chi connectivity index (χ2v) is 7.74. The van der Waals surface area contributed by atoms with Gasteiger partial charge in [0.2, 0.25) is 0 Å². The standard InChI is InChI=1S/C25H23NO6S/c1-33-21-13-9-18(10-14-21)26-25(30)32-24(17-7-11-19(27)12-8-17)22(15-16-23(28)29)31-20-5-3-2-4-6-20/h2-16,22,24,27H,1H3,(H,26,30)(H,28,29)/b16-15+/t22-,24-/m0/s1. The maximum Gasteiger partial charge on any atom is 0.412 e. The number of nitrogens with one attached hydrogen (secondary N) is 1. The first-order chi connectivity index (χ1) is 15.9. The molecule has 33 heavy (non-hydrogen) atoms. The highest BCUT2D eigenvalue weighted by Gasteiger charge is 2.28. The number of phenols is 1. The van der Waals surface area contributed by atoms with E-state index in [1.54, 1.807) is 60.3 Å². The van der Waals surface area contributed by atoms with E-state index in [9.17, 15) is 14.7 Å². The first-order valence-electron chi connectivity index (χ1n) is 9.98. The molecule has 3 N–H and O–H groups in total. The van der Waals surface area contributed by atoms with Crippen LogP contribution in [0.2, 0.25) is 0 Å². The van der Waals surface area contributed by atoms with Gasteiger partial charge < -0.3 is 19.7 Å². The summed E-state index contributed by atoms with van der Waals surface area (Å²) >= 11 is 1.58. The van der Waals surface area contributed by atoms with E-state index in [1.807, 2.05) is 24.5 Å². The molecule has 3 rings (SSSR count). The molecule has 2 atom stereocenters. The number of amides is 1. The normalized spacial score (nSPS) is 12.6. The van der Waals surface area contributed by atoms with Crippen LogP contribution < -0.4 is 10.1 Å². The Hall–Kier alpha value is -3.91. The number of phenolic OH excluding ortho intramolecular Hbond substituents is 1. The molecule has 8 heteroatoms. The number of benzene rings is 3. The highest BCUT2D eigenvalue weighted by molar-refractivity contribution is 7.98. The van der Waals surface area contributed by atoms with E-state index in [4.69, 9.17) is 14.6 Å². The molecular weight excluding hydrogens is 442 g/mol. The minimum absolute atomic E-state index is 0.0393. The quantitative estimate of drug-likeness (QED) is 0.283. The van der Waals surface area contributed by atoms with Crippen LogP contribution in [-0.4, -0.2) is 34.6 Å². The van der Waals surface area contributed by atoms with Gasteiger partial charge in [-0.2, -0.15) is 0 Å². The number of hydrogen-bond donors (Lipinski definition) is 3. The molecule has 7 nitrogen and oxygen atoms in total. The summed E-state index contributed by atoms with van der Waals surface area (Å²) in [5.41, 5.74) is 1.06. The summed E-state index contributed by atoms with van der Waals surface area (Å²) in [5.74, 6) is -0.658. The molecule has 1 amide bonds. The van der Waals surface area contributed by atoms with Gasteiger partial charge in [-0.25, -0.2) is 9.59 Å². The van der Waals surface area contributed by atoms with Gasteiger partial charge in [0.1, 0.15) is 11.5 Å². The van der Waals surface area contributed by atoms with Crippen molar-refractivity contribution in [1.82, 2.24) is 0 Å². The third-order valence-corrected chi connectivity index (χ3v) is 5.28. The van der Waals surface area contributed by atoms with Crippen molar-refractivity contribution in [2.75, 3.05) is 11.6 Å². The average Bonchev–Trinajstić information content (AvgIpc) is 2.82. The number of para-hydroxylation sites is 1. The van der Waals surface area contributed by atoms with E-state index in [0.29, 0.717) is 17.0 Å². The lowest BCUT2D eigenvalue weighted by atomic mass is 10.0. The van der Waals surface area contributed by atoms with Gasteiger partial charge in [-0.1, -0.05) is 30.3 Å². The highest BCUT2D eigenvalue weighted by atomic mass is 32.2. The largest absolute Gasteiger partial charge is 0.508 e. The average molecular weight is 466 g/mol. The maximum atomic E-state index is 12.7. The van der Waals surface area contributed by atoms with E-state index in [-0.39, 0.29) is 5.75 Å². The molecule has 0 aliphatic rings. The summed E-state index contributed by atoms with van der Waals surface area (Å²) in [5, 5.41) is 21.5. The zero-order chi connectivity index (χ0) is 23.6. The van der Waals surface area contributed by atoms with Crippen molar-refractivity contribution in [2.24, 2.45) is 0 Å². The Bertz CT molecular complexity index is 1080. The SMILES string of the molecule is CSc1ccc(NC(=O)O[C@@H](c2ccc(O)cc2)[C@H](/C=C/C(=O)O)Oc2ccccc2)cc1. The van der Waals surface area contributed by atoms with Gasteiger partial charge in [0.25, 0.3) is 0 Å². The third kappa shape index (κ3) is 7.33. The summed E-state index contributed by atoms with van der Waals surface area (Å²) in [6.45, 7) is 0. The molecule has 0 radical (unpaired) electrons. The van der Waals surface area contributed by atoms with Crippen LogP contribution in [0.5, 0.6) is 11.5 Å². The number of anilines is 1. The minimum Gasteiger partial charge on any atom is -0.508 e. The van der Waals surface area contributed by atoms with Crippen molar-refractivity contribution in [2.45, 2.75) is 17.1 Å². The number of hydrogen-bond acceptors (Lipinski definition) is 6. The maximum absolute atomic E-state index is 12.7. The second kappa shape index (κ2) is 11.6. The van der Waals surface area contributed by atoms with Crippen LogP contribution in [0.1, 0.15) is 11.7 Å². The van der Waals surface area contributed by atoms with Gasteiger partial charge in [0.15, 0.2) is 12.2 Å². The van der Waals surface area contributed by atoms with Crippen LogP contribution in [0, 0.1) is 0 Å². The molecule has 0 spiro atoms. The van der Waals surface area contributed by atoms with Crippen molar-refractivity contribution in [3.05, 3.63) is 96.6 Å². The first kappa shape index (κ1) is 23.7. The molecule has 0 aromatic heterocycles. The second-order valence-electron chi connectivity index (χ2n) is 6.86. The molecule has 170 valence electrons. The van der Waals surface area contributed by atoms with Crippen molar-refractivity contribution in [3.8, 4) is 11.5 Å². The Morgan fingerprint density at radius 3 is 2.24 bits per heavy atom. The Balaban J connectivity index is 1.88. The molecule has 0 bridgehead atoms. The van der Waals surface area contributed by atoms with E-state index in [2.05, 4.69) is 5.32 Å². The Morgan fingerprint density at radius 2 is 1.64 bits per heavy atom. The molecule has 0 heterocycles. The van der Waals surface area contributed by atoms with Crippen molar-refractivity contribution in [1.29, 1.82) is 0 Å². The first-order valence-corrected chi connectivity index (χ1v) is 11.2. The summed E-state index contributed by atoms with van der Waals surface area (Å²) in [7, 11) is 0. The van der Waals surface area contributed by atoms with Crippen molar-refractivity contribution in [3.63, 3.8) is 0 Å². The fourth-order valence-corrected chi connectivity index (χ4v) is 3.37. The minimum atomic E-state index is -1.17. The zero-order valence-electron chi connectivity index (χ0n) is 17.8. The molecule has 0 unspecified atom stereocenters. The summed E-state index contributed by atoms with van der Waals surface area (Å²) in [6.07, 6.45) is 1.49. The molecule has 0 saturated carbocycles. The number of carbonyl (C=O) groups is 2. The van der Waals surface area contributed by atoms with Crippen LogP contribution >= 0.6 is 11.8 Å². The summed E-state index contributed by atoms with van der Waals surface area (Å²) < 4.78 is 11.7. The number of carbonyl (C=O) groups excluding carboxylic acids is 1. The zero-order valence-corrected chi connectivity index (χ0v) is 18.6. The van der Waals surface area contributed by atoms with Crippen LogP contribution in [0.4, 0.5) is 10.5 Å². The lowest BCUT2D eigenvalue weighted by Crippen LogP contribution is -2.29. The van der Waals surface area contributed by atoms with E-state index < -0.39 is 24.3 Å². The Kier molecular flexibility index (Phi) is 8.37.